The highest BCUT2D eigenvalue weighted by Crippen LogP contribution is 2.33. The summed E-state index contributed by atoms with van der Waals surface area (Å²) in [5.41, 5.74) is 3.50. The van der Waals surface area contributed by atoms with Gasteiger partial charge in [-0.25, -0.2) is 0 Å². The van der Waals surface area contributed by atoms with Crippen molar-refractivity contribution in [1.82, 2.24) is 0 Å². The Hall–Kier alpha value is -2.54. The first-order valence-corrected chi connectivity index (χ1v) is 10.4. The molecule has 0 aliphatic rings. The second-order valence-electron chi connectivity index (χ2n) is 4.34. The van der Waals surface area contributed by atoms with Crippen molar-refractivity contribution in [2.75, 3.05) is 4.90 Å². The van der Waals surface area contributed by atoms with Crippen LogP contribution in [0.2, 0.25) is 0 Å². The molecule has 0 heterocycles. The third-order valence-electron chi connectivity index (χ3n) is 3.04. The Morgan fingerprint density at radius 2 is 0.536 bits per heavy atom. The average Bonchev–Trinajstić information content (AvgIpc) is 2.82. The highest BCUT2D eigenvalue weighted by atomic mass is 15.1. The summed E-state index contributed by atoms with van der Waals surface area (Å²) in [6.07, 6.45) is 0. The smallest absolute Gasteiger partial charge is 0.0461 e. The second kappa shape index (κ2) is 22.5. The quantitative estimate of drug-likeness (QED) is 0.436. The van der Waals surface area contributed by atoms with Crippen molar-refractivity contribution in [1.29, 1.82) is 0 Å². The van der Waals surface area contributed by atoms with Gasteiger partial charge in [0.05, 0.1) is 0 Å². The van der Waals surface area contributed by atoms with Gasteiger partial charge in [0.25, 0.3) is 0 Å². The fourth-order valence-corrected chi connectivity index (χ4v) is 2.18. The second-order valence-corrected chi connectivity index (χ2v) is 4.34. The van der Waals surface area contributed by atoms with Gasteiger partial charge < -0.3 is 4.90 Å². The highest BCUT2D eigenvalue weighted by Gasteiger charge is 2.10. The molecule has 0 aliphatic heterocycles. The van der Waals surface area contributed by atoms with E-state index in [4.69, 9.17) is 0 Å². The molecular formula is C27H43N. The van der Waals surface area contributed by atoms with Crippen LogP contribution < -0.4 is 4.90 Å². The number of hydrogen-bond acceptors (Lipinski definition) is 1. The molecule has 1 heteroatoms. The maximum Gasteiger partial charge on any atom is 0.0461 e. The van der Waals surface area contributed by atoms with E-state index in [1.54, 1.807) is 0 Å². The minimum Gasteiger partial charge on any atom is -0.311 e. The summed E-state index contributed by atoms with van der Waals surface area (Å²) in [5.74, 6) is 0. The van der Waals surface area contributed by atoms with Gasteiger partial charge in [0.15, 0.2) is 0 Å². The maximum absolute atomic E-state index is 2.25. The molecule has 3 aromatic rings. The molecule has 0 aromatic heterocycles. The predicted molar refractivity (Wildman–Crippen MR) is 133 cm³/mol. The van der Waals surface area contributed by atoms with E-state index in [1.165, 1.54) is 17.1 Å². The minimum absolute atomic E-state index is 0. The van der Waals surface area contributed by atoms with Crippen LogP contribution in [0, 0.1) is 0 Å². The largest absolute Gasteiger partial charge is 0.311 e. The standard InChI is InChI=1S/C18H15N.4C2H6.CH4/c1-4-10-16(11-5-1)19(17-12-6-2-7-13-17)18-14-8-3-9-15-18;4*1-2;/h1-15H;4*1-2H3;1H4. The van der Waals surface area contributed by atoms with E-state index >= 15 is 0 Å². The third-order valence-corrected chi connectivity index (χ3v) is 3.04. The lowest BCUT2D eigenvalue weighted by Crippen LogP contribution is -2.09. The Morgan fingerprint density at radius 3 is 0.714 bits per heavy atom. The normalized spacial score (nSPS) is 7.71. The number of anilines is 3. The molecule has 0 saturated carbocycles. The number of para-hydroxylation sites is 3. The molecule has 0 aliphatic carbocycles. The fourth-order valence-electron chi connectivity index (χ4n) is 2.18. The zero-order valence-electron chi connectivity index (χ0n) is 18.6. The van der Waals surface area contributed by atoms with Gasteiger partial charge in [-0.2, -0.15) is 0 Å². The Labute approximate surface area is 176 Å². The molecule has 0 atom stereocenters. The first-order chi connectivity index (χ1) is 13.4. The van der Waals surface area contributed by atoms with Gasteiger partial charge in [0, 0.05) is 17.1 Å². The van der Waals surface area contributed by atoms with Crippen LogP contribution in [0.4, 0.5) is 17.1 Å². The fraction of sp³-hybridized carbons (Fsp3) is 0.333. The van der Waals surface area contributed by atoms with E-state index in [9.17, 15) is 0 Å². The van der Waals surface area contributed by atoms with Gasteiger partial charge in [-0.05, 0) is 36.4 Å². The molecule has 0 fully saturated rings. The molecule has 0 amide bonds. The molecule has 0 spiro atoms. The van der Waals surface area contributed by atoms with Gasteiger partial charge >= 0.3 is 0 Å². The lowest BCUT2D eigenvalue weighted by Gasteiger charge is -2.25. The van der Waals surface area contributed by atoms with Crippen molar-refractivity contribution < 1.29 is 0 Å². The Balaban J connectivity index is -0.000000622. The monoisotopic (exact) mass is 381 g/mol. The molecule has 0 saturated heterocycles. The summed E-state index contributed by atoms with van der Waals surface area (Å²) >= 11 is 0. The number of rotatable bonds is 3. The first kappa shape index (κ1) is 30.2. The molecule has 0 unspecified atom stereocenters. The lowest BCUT2D eigenvalue weighted by molar-refractivity contribution is 1.28. The highest BCUT2D eigenvalue weighted by molar-refractivity contribution is 5.76. The Kier molecular flexibility index (Phi) is 24.3. The van der Waals surface area contributed by atoms with Crippen LogP contribution in [0.1, 0.15) is 62.8 Å². The van der Waals surface area contributed by atoms with Crippen molar-refractivity contribution in [3.8, 4) is 0 Å². The SMILES string of the molecule is C.CC.CC.CC.CC.c1ccc(N(c2ccccc2)c2ccccc2)cc1. The summed E-state index contributed by atoms with van der Waals surface area (Å²) in [6, 6.07) is 31.3. The van der Waals surface area contributed by atoms with Gasteiger partial charge in [0.1, 0.15) is 0 Å². The molecule has 1 nitrogen and oxygen atoms in total. The Bertz CT molecular complexity index is 524. The number of nitrogens with zero attached hydrogens (tertiary/aromatic N) is 1. The number of hydrogen-bond donors (Lipinski definition) is 0. The molecule has 0 N–H and O–H groups in total. The van der Waals surface area contributed by atoms with E-state index in [0.29, 0.717) is 0 Å². The molecule has 28 heavy (non-hydrogen) atoms. The topological polar surface area (TPSA) is 3.24 Å². The zero-order valence-corrected chi connectivity index (χ0v) is 18.6. The zero-order chi connectivity index (χ0) is 20.9. The summed E-state index contributed by atoms with van der Waals surface area (Å²) in [6.45, 7) is 16.0. The van der Waals surface area contributed by atoms with E-state index in [-0.39, 0.29) is 7.43 Å². The molecule has 3 rings (SSSR count). The summed E-state index contributed by atoms with van der Waals surface area (Å²) in [5, 5.41) is 0. The average molecular weight is 382 g/mol. The third kappa shape index (κ3) is 10.6. The van der Waals surface area contributed by atoms with Crippen molar-refractivity contribution in [3.63, 3.8) is 0 Å². The minimum atomic E-state index is 0. The predicted octanol–water partition coefficient (Wildman–Crippen LogP) is 9.90. The van der Waals surface area contributed by atoms with Crippen LogP contribution in [0.25, 0.3) is 0 Å². The van der Waals surface area contributed by atoms with E-state index in [1.807, 2.05) is 73.6 Å². The van der Waals surface area contributed by atoms with Crippen LogP contribution in [-0.2, 0) is 0 Å². The first-order valence-electron chi connectivity index (χ1n) is 10.4. The molecule has 0 radical (unpaired) electrons. The molecule has 156 valence electrons. The van der Waals surface area contributed by atoms with Crippen molar-refractivity contribution >= 4 is 17.1 Å². The van der Waals surface area contributed by atoms with Gasteiger partial charge in [0.2, 0.25) is 0 Å². The molecular weight excluding hydrogens is 338 g/mol. The lowest BCUT2D eigenvalue weighted by atomic mass is 10.2. The van der Waals surface area contributed by atoms with E-state index in [2.05, 4.69) is 77.7 Å². The van der Waals surface area contributed by atoms with Gasteiger partial charge in [-0.1, -0.05) is 117 Å². The van der Waals surface area contributed by atoms with Crippen LogP contribution in [0.3, 0.4) is 0 Å². The van der Waals surface area contributed by atoms with Crippen molar-refractivity contribution in [2.24, 2.45) is 0 Å². The van der Waals surface area contributed by atoms with Crippen molar-refractivity contribution in [3.05, 3.63) is 91.0 Å². The number of benzene rings is 3. The van der Waals surface area contributed by atoms with Crippen LogP contribution in [-0.4, -0.2) is 0 Å². The summed E-state index contributed by atoms with van der Waals surface area (Å²) < 4.78 is 0. The van der Waals surface area contributed by atoms with Gasteiger partial charge in [-0.15, -0.1) is 0 Å². The van der Waals surface area contributed by atoms with Crippen LogP contribution in [0.5, 0.6) is 0 Å². The van der Waals surface area contributed by atoms with E-state index in [0.717, 1.165) is 0 Å². The van der Waals surface area contributed by atoms with E-state index < -0.39 is 0 Å². The van der Waals surface area contributed by atoms with Crippen LogP contribution in [0.15, 0.2) is 91.0 Å². The maximum atomic E-state index is 2.25. The summed E-state index contributed by atoms with van der Waals surface area (Å²) in [4.78, 5) is 2.25. The molecule has 3 aromatic carbocycles. The van der Waals surface area contributed by atoms with Crippen molar-refractivity contribution in [2.45, 2.75) is 62.8 Å². The Morgan fingerprint density at radius 1 is 0.357 bits per heavy atom. The molecule has 0 bridgehead atoms. The summed E-state index contributed by atoms with van der Waals surface area (Å²) in [7, 11) is 0. The van der Waals surface area contributed by atoms with Gasteiger partial charge in [-0.3, -0.25) is 0 Å². The van der Waals surface area contributed by atoms with Crippen LogP contribution >= 0.6 is 0 Å².